The molecule has 1 aromatic heterocycles. The van der Waals surface area contributed by atoms with Gasteiger partial charge in [-0.25, -0.2) is 9.97 Å². The van der Waals surface area contributed by atoms with E-state index in [1.54, 1.807) is 36.7 Å². The zero-order valence-corrected chi connectivity index (χ0v) is 14.5. The summed E-state index contributed by atoms with van der Waals surface area (Å²) in [6, 6.07) is 6.93. The highest BCUT2D eigenvalue weighted by molar-refractivity contribution is 6.35. The minimum atomic E-state index is 0.0414. The molecule has 0 atom stereocenters. The first-order valence-corrected chi connectivity index (χ1v) is 8.37. The Morgan fingerprint density at radius 3 is 2.29 bits per heavy atom. The highest BCUT2D eigenvalue weighted by Gasteiger charge is 2.22. The van der Waals surface area contributed by atoms with Crippen molar-refractivity contribution in [1.82, 2.24) is 14.9 Å². The lowest BCUT2D eigenvalue weighted by atomic mass is 10.3. The molecule has 0 radical (unpaired) electrons. The molecule has 0 bridgehead atoms. The topological polar surface area (TPSA) is 61.4 Å². The van der Waals surface area contributed by atoms with Crippen LogP contribution in [0.1, 0.15) is 0 Å². The van der Waals surface area contributed by atoms with Crippen LogP contribution < -0.4 is 10.2 Å². The fraction of sp³-hybridized carbons (Fsp3) is 0.312. The summed E-state index contributed by atoms with van der Waals surface area (Å²) >= 11 is 11.9. The molecule has 1 aliphatic heterocycles. The summed E-state index contributed by atoms with van der Waals surface area (Å²) in [6.45, 7) is 2.94. The number of carbonyl (C=O) groups is 1. The van der Waals surface area contributed by atoms with Gasteiger partial charge in [0, 0.05) is 54.3 Å². The third kappa shape index (κ3) is 4.27. The number of carbonyl (C=O) groups excluding carboxylic acids is 1. The van der Waals surface area contributed by atoms with Gasteiger partial charge in [0.1, 0.15) is 0 Å². The summed E-state index contributed by atoms with van der Waals surface area (Å²) in [5, 5.41) is 4.14. The maximum atomic E-state index is 12.3. The largest absolute Gasteiger partial charge is 0.376 e. The molecule has 8 heteroatoms. The Hall–Kier alpha value is -2.05. The number of aromatic nitrogens is 2. The lowest BCUT2D eigenvalue weighted by Gasteiger charge is -2.34. The van der Waals surface area contributed by atoms with Crippen molar-refractivity contribution in [2.75, 3.05) is 42.9 Å². The van der Waals surface area contributed by atoms with Crippen LogP contribution in [0.15, 0.2) is 36.7 Å². The monoisotopic (exact) mass is 365 g/mol. The summed E-state index contributed by atoms with van der Waals surface area (Å²) in [4.78, 5) is 24.7. The van der Waals surface area contributed by atoms with Crippen LogP contribution in [-0.4, -0.2) is 53.5 Å². The average Bonchev–Trinajstić information content (AvgIpc) is 2.60. The lowest BCUT2D eigenvalue weighted by Crippen LogP contribution is -2.50. The van der Waals surface area contributed by atoms with E-state index >= 15 is 0 Å². The third-order valence-corrected chi connectivity index (χ3v) is 4.21. The number of benzene rings is 1. The number of hydrogen-bond donors (Lipinski definition) is 1. The maximum absolute atomic E-state index is 12.3. The van der Waals surface area contributed by atoms with Crippen molar-refractivity contribution in [3.8, 4) is 0 Å². The molecule has 1 aromatic carbocycles. The van der Waals surface area contributed by atoms with E-state index in [0.29, 0.717) is 29.1 Å². The molecule has 2 heterocycles. The van der Waals surface area contributed by atoms with Crippen molar-refractivity contribution in [1.29, 1.82) is 0 Å². The van der Waals surface area contributed by atoms with Gasteiger partial charge in [-0.2, -0.15) is 0 Å². The Bertz CT molecular complexity index is 685. The van der Waals surface area contributed by atoms with Crippen LogP contribution in [0.25, 0.3) is 0 Å². The van der Waals surface area contributed by atoms with Gasteiger partial charge in [0.2, 0.25) is 11.9 Å². The highest BCUT2D eigenvalue weighted by Crippen LogP contribution is 2.22. The maximum Gasteiger partial charge on any atom is 0.241 e. The van der Waals surface area contributed by atoms with Gasteiger partial charge in [0.05, 0.1) is 6.54 Å². The smallest absolute Gasteiger partial charge is 0.241 e. The SMILES string of the molecule is O=C(CNc1cc(Cl)cc(Cl)c1)N1CCN(c2ncccn2)CC1. The molecule has 0 saturated carbocycles. The fourth-order valence-electron chi connectivity index (χ4n) is 2.56. The van der Waals surface area contributed by atoms with Gasteiger partial charge >= 0.3 is 0 Å². The zero-order valence-electron chi connectivity index (χ0n) is 13.0. The molecule has 1 saturated heterocycles. The molecule has 3 rings (SSSR count). The van der Waals surface area contributed by atoms with E-state index in [1.165, 1.54) is 0 Å². The van der Waals surface area contributed by atoms with E-state index in [0.717, 1.165) is 18.8 Å². The summed E-state index contributed by atoms with van der Waals surface area (Å²) in [5.74, 6) is 0.746. The van der Waals surface area contributed by atoms with Crippen LogP contribution in [-0.2, 0) is 4.79 Å². The van der Waals surface area contributed by atoms with Gasteiger partial charge in [-0.05, 0) is 24.3 Å². The standard InChI is InChI=1S/C16H17Cl2N5O/c17-12-8-13(18)10-14(9-12)21-11-15(24)22-4-6-23(7-5-22)16-19-2-1-3-20-16/h1-3,8-10,21H,4-7,11H2. The van der Waals surface area contributed by atoms with Crippen LogP contribution in [0.2, 0.25) is 10.0 Å². The molecule has 1 N–H and O–H groups in total. The van der Waals surface area contributed by atoms with Crippen LogP contribution in [0.4, 0.5) is 11.6 Å². The molecule has 24 heavy (non-hydrogen) atoms. The minimum absolute atomic E-state index is 0.0414. The summed E-state index contributed by atoms with van der Waals surface area (Å²) in [5.41, 5.74) is 0.733. The van der Waals surface area contributed by atoms with Crippen molar-refractivity contribution in [2.45, 2.75) is 0 Å². The Balaban J connectivity index is 1.50. The Morgan fingerprint density at radius 2 is 1.67 bits per heavy atom. The first-order valence-electron chi connectivity index (χ1n) is 7.61. The van der Waals surface area contributed by atoms with E-state index in [-0.39, 0.29) is 12.5 Å². The van der Waals surface area contributed by atoms with Crippen LogP contribution >= 0.6 is 23.2 Å². The molecule has 126 valence electrons. The van der Waals surface area contributed by atoms with Gasteiger partial charge in [0.15, 0.2) is 0 Å². The summed E-state index contributed by atoms with van der Waals surface area (Å²) in [7, 11) is 0. The van der Waals surface area contributed by atoms with Crippen molar-refractivity contribution in [3.05, 3.63) is 46.7 Å². The molecule has 0 spiro atoms. The predicted molar refractivity (Wildman–Crippen MR) is 95.8 cm³/mol. The van der Waals surface area contributed by atoms with Crippen LogP contribution in [0.3, 0.4) is 0 Å². The second-order valence-electron chi connectivity index (χ2n) is 5.43. The quantitative estimate of drug-likeness (QED) is 0.901. The molecule has 2 aromatic rings. The Labute approximate surface area is 150 Å². The first kappa shape index (κ1) is 16.8. The van der Waals surface area contributed by atoms with Crippen LogP contribution in [0.5, 0.6) is 0 Å². The van der Waals surface area contributed by atoms with Crippen molar-refractivity contribution in [2.24, 2.45) is 0 Å². The fourth-order valence-corrected chi connectivity index (χ4v) is 3.08. The van der Waals surface area contributed by atoms with Crippen molar-refractivity contribution < 1.29 is 4.79 Å². The van der Waals surface area contributed by atoms with E-state index < -0.39 is 0 Å². The normalized spacial score (nSPS) is 14.6. The first-order chi connectivity index (χ1) is 11.6. The number of nitrogens with one attached hydrogen (secondary N) is 1. The van der Waals surface area contributed by atoms with Gasteiger partial charge in [-0.3, -0.25) is 4.79 Å². The van der Waals surface area contributed by atoms with Crippen molar-refractivity contribution in [3.63, 3.8) is 0 Å². The Morgan fingerprint density at radius 1 is 1.04 bits per heavy atom. The molecule has 1 fully saturated rings. The van der Waals surface area contributed by atoms with Gasteiger partial charge in [-0.1, -0.05) is 23.2 Å². The molecule has 1 amide bonds. The highest BCUT2D eigenvalue weighted by atomic mass is 35.5. The number of rotatable bonds is 4. The van der Waals surface area contributed by atoms with Crippen LogP contribution in [0, 0.1) is 0 Å². The third-order valence-electron chi connectivity index (χ3n) is 3.77. The molecule has 6 nitrogen and oxygen atoms in total. The number of nitrogens with zero attached hydrogens (tertiary/aromatic N) is 4. The van der Waals surface area contributed by atoms with E-state index in [1.807, 2.05) is 4.90 Å². The molecule has 0 unspecified atom stereocenters. The molecule has 1 aliphatic rings. The summed E-state index contributed by atoms with van der Waals surface area (Å²) < 4.78 is 0. The number of halogens is 2. The Kier molecular flexibility index (Phi) is 5.37. The van der Waals surface area contributed by atoms with Gasteiger partial charge in [0.25, 0.3) is 0 Å². The second-order valence-corrected chi connectivity index (χ2v) is 6.30. The van der Waals surface area contributed by atoms with Gasteiger partial charge < -0.3 is 15.1 Å². The minimum Gasteiger partial charge on any atom is -0.376 e. The van der Waals surface area contributed by atoms with E-state index in [4.69, 9.17) is 23.2 Å². The zero-order chi connectivity index (χ0) is 16.9. The number of amides is 1. The van der Waals surface area contributed by atoms with E-state index in [2.05, 4.69) is 20.2 Å². The van der Waals surface area contributed by atoms with E-state index in [9.17, 15) is 4.79 Å². The number of anilines is 2. The second kappa shape index (κ2) is 7.68. The molecular weight excluding hydrogens is 349 g/mol. The summed E-state index contributed by atoms with van der Waals surface area (Å²) in [6.07, 6.45) is 3.44. The van der Waals surface area contributed by atoms with Crippen molar-refractivity contribution >= 4 is 40.7 Å². The predicted octanol–water partition coefficient (Wildman–Crippen LogP) is 2.54. The molecular formula is C16H17Cl2N5O. The number of piperazine rings is 1. The van der Waals surface area contributed by atoms with Gasteiger partial charge in [-0.15, -0.1) is 0 Å². The number of hydrogen-bond acceptors (Lipinski definition) is 5. The molecule has 0 aliphatic carbocycles. The lowest BCUT2D eigenvalue weighted by molar-refractivity contribution is -0.129. The average molecular weight is 366 g/mol.